The van der Waals surface area contributed by atoms with E-state index in [0.717, 1.165) is 4.90 Å². The predicted octanol–water partition coefficient (Wildman–Crippen LogP) is 3.04. The highest BCUT2D eigenvalue weighted by atomic mass is 32.2. The summed E-state index contributed by atoms with van der Waals surface area (Å²) in [6.45, 7) is 1.59. The van der Waals surface area contributed by atoms with Crippen LogP contribution in [0.2, 0.25) is 0 Å². The molecule has 5 heteroatoms. The van der Waals surface area contributed by atoms with Crippen LogP contribution in [0.1, 0.15) is 0 Å². The minimum absolute atomic E-state index is 0.517. The lowest BCUT2D eigenvalue weighted by molar-refractivity contribution is 0.498. The van der Waals surface area contributed by atoms with Crippen LogP contribution in [0.3, 0.4) is 0 Å². The molecule has 0 saturated carbocycles. The standard InChI is InChI=1S/C14H15O3PS/c1-18(15,13-6-4-3-5-7-13)17-12-8-10-14(11-9-12)19(2)16/h3-11H,1-2H3. The van der Waals surface area contributed by atoms with Gasteiger partial charge in [-0.05, 0) is 36.4 Å². The first-order chi connectivity index (χ1) is 8.99. The summed E-state index contributed by atoms with van der Waals surface area (Å²) in [5, 5.41) is 0.679. The van der Waals surface area contributed by atoms with E-state index in [0.29, 0.717) is 11.1 Å². The van der Waals surface area contributed by atoms with Crippen LogP contribution in [-0.2, 0) is 15.4 Å². The third-order valence-corrected chi connectivity index (χ3v) is 5.39. The quantitative estimate of drug-likeness (QED) is 0.814. The second-order valence-corrected chi connectivity index (χ2v) is 7.97. The molecule has 19 heavy (non-hydrogen) atoms. The van der Waals surface area contributed by atoms with Gasteiger partial charge in [0.05, 0.1) is 0 Å². The van der Waals surface area contributed by atoms with Crippen molar-refractivity contribution in [3.8, 4) is 5.75 Å². The molecule has 0 fully saturated rings. The first-order valence-electron chi connectivity index (χ1n) is 5.75. The van der Waals surface area contributed by atoms with Gasteiger partial charge in [0.25, 0.3) is 7.37 Å². The molecule has 2 unspecified atom stereocenters. The summed E-state index contributed by atoms with van der Waals surface area (Å²) in [5.74, 6) is 0.517. The molecule has 0 aromatic heterocycles. The molecule has 0 aliphatic rings. The molecule has 0 N–H and O–H groups in total. The maximum atomic E-state index is 12.5. The smallest absolute Gasteiger partial charge is 0.274 e. The maximum Gasteiger partial charge on any atom is 0.274 e. The van der Waals surface area contributed by atoms with E-state index in [1.807, 2.05) is 18.2 Å². The van der Waals surface area contributed by atoms with Crippen LogP contribution in [0.5, 0.6) is 5.75 Å². The Bertz CT molecular complexity index is 623. The molecule has 0 aliphatic carbocycles. The summed E-state index contributed by atoms with van der Waals surface area (Å²) in [4.78, 5) is 0.720. The van der Waals surface area contributed by atoms with Gasteiger partial charge in [-0.15, -0.1) is 0 Å². The van der Waals surface area contributed by atoms with Gasteiger partial charge in [0.15, 0.2) is 0 Å². The normalized spacial score (nSPS) is 15.5. The van der Waals surface area contributed by atoms with Crippen LogP contribution in [0.25, 0.3) is 0 Å². The first kappa shape index (κ1) is 14.0. The molecular weight excluding hydrogens is 279 g/mol. The molecule has 2 aromatic rings. The lowest BCUT2D eigenvalue weighted by atomic mass is 10.3. The third-order valence-electron chi connectivity index (χ3n) is 2.66. The van der Waals surface area contributed by atoms with Gasteiger partial charge in [-0.1, -0.05) is 18.2 Å². The third kappa shape index (κ3) is 3.55. The molecule has 0 saturated heterocycles. The van der Waals surface area contributed by atoms with Crippen molar-refractivity contribution in [1.82, 2.24) is 0 Å². The summed E-state index contributed by atoms with van der Waals surface area (Å²) in [6.07, 6.45) is 1.62. The molecule has 100 valence electrons. The summed E-state index contributed by atoms with van der Waals surface area (Å²) >= 11 is 0. The lowest BCUT2D eigenvalue weighted by Crippen LogP contribution is -2.07. The van der Waals surface area contributed by atoms with Crippen molar-refractivity contribution in [1.29, 1.82) is 0 Å². The van der Waals surface area contributed by atoms with Crippen LogP contribution in [0, 0.1) is 0 Å². The minimum atomic E-state index is -2.88. The van der Waals surface area contributed by atoms with Crippen molar-refractivity contribution in [3.63, 3.8) is 0 Å². The Morgan fingerprint density at radius 2 is 1.58 bits per heavy atom. The second kappa shape index (κ2) is 5.72. The molecular formula is C14H15O3PS. The SMILES string of the molecule is CS(=O)c1ccc(OP(C)(=O)c2ccccc2)cc1. The summed E-state index contributed by atoms with van der Waals surface area (Å²) in [6, 6.07) is 15.9. The molecule has 0 radical (unpaired) electrons. The Morgan fingerprint density at radius 1 is 1.00 bits per heavy atom. The minimum Gasteiger partial charge on any atom is -0.440 e. The highest BCUT2D eigenvalue weighted by Gasteiger charge is 2.20. The number of benzene rings is 2. The van der Waals surface area contributed by atoms with Crippen molar-refractivity contribution in [3.05, 3.63) is 54.6 Å². The van der Waals surface area contributed by atoms with Gasteiger partial charge >= 0.3 is 0 Å². The average Bonchev–Trinajstić information content (AvgIpc) is 2.40. The van der Waals surface area contributed by atoms with Crippen molar-refractivity contribution < 1.29 is 13.3 Å². The number of hydrogen-bond acceptors (Lipinski definition) is 3. The van der Waals surface area contributed by atoms with E-state index < -0.39 is 18.2 Å². The molecule has 0 spiro atoms. The van der Waals surface area contributed by atoms with Crippen LogP contribution >= 0.6 is 7.37 Å². The fourth-order valence-electron chi connectivity index (χ4n) is 1.64. The molecule has 2 atom stereocenters. The van der Waals surface area contributed by atoms with Crippen LogP contribution in [-0.4, -0.2) is 17.1 Å². The van der Waals surface area contributed by atoms with Gasteiger partial charge in [-0.3, -0.25) is 8.77 Å². The highest BCUT2D eigenvalue weighted by Crippen LogP contribution is 2.41. The molecule has 0 amide bonds. The topological polar surface area (TPSA) is 43.4 Å². The maximum absolute atomic E-state index is 12.5. The average molecular weight is 294 g/mol. The van der Waals surface area contributed by atoms with Crippen molar-refractivity contribution in [2.75, 3.05) is 12.9 Å². The number of hydrogen-bond donors (Lipinski definition) is 0. The molecule has 0 heterocycles. The van der Waals surface area contributed by atoms with E-state index >= 15 is 0 Å². The molecule has 2 aromatic carbocycles. The van der Waals surface area contributed by atoms with E-state index in [1.54, 1.807) is 49.3 Å². The van der Waals surface area contributed by atoms with Crippen LogP contribution in [0.15, 0.2) is 59.5 Å². The van der Waals surface area contributed by atoms with Crippen LogP contribution in [0.4, 0.5) is 0 Å². The fourth-order valence-corrected chi connectivity index (χ4v) is 3.51. The molecule has 3 nitrogen and oxygen atoms in total. The Labute approximate surface area is 115 Å². The Hall–Kier alpha value is -1.38. The summed E-state index contributed by atoms with van der Waals surface area (Å²) in [5.41, 5.74) is 0. The van der Waals surface area contributed by atoms with Gasteiger partial charge in [0.2, 0.25) is 0 Å². The van der Waals surface area contributed by atoms with Crippen molar-refractivity contribution in [2.45, 2.75) is 4.90 Å². The van der Waals surface area contributed by atoms with E-state index in [1.165, 1.54) is 0 Å². The molecule has 0 bridgehead atoms. The van der Waals surface area contributed by atoms with Gasteiger partial charge in [-0.25, -0.2) is 0 Å². The number of rotatable bonds is 4. The van der Waals surface area contributed by atoms with Gasteiger partial charge in [0.1, 0.15) is 5.75 Å². The fraction of sp³-hybridized carbons (Fsp3) is 0.143. The van der Waals surface area contributed by atoms with Crippen molar-refractivity contribution >= 4 is 23.5 Å². The van der Waals surface area contributed by atoms with Gasteiger partial charge in [0, 0.05) is 33.9 Å². The first-order valence-corrected chi connectivity index (χ1v) is 9.38. The highest BCUT2D eigenvalue weighted by molar-refractivity contribution is 7.84. The van der Waals surface area contributed by atoms with E-state index in [-0.39, 0.29) is 0 Å². The second-order valence-electron chi connectivity index (χ2n) is 4.20. The lowest BCUT2D eigenvalue weighted by Gasteiger charge is -2.15. The Kier molecular flexibility index (Phi) is 4.23. The Balaban J connectivity index is 2.21. The summed E-state index contributed by atoms with van der Waals surface area (Å²) in [7, 11) is -3.90. The van der Waals surface area contributed by atoms with Gasteiger partial charge < -0.3 is 4.52 Å². The van der Waals surface area contributed by atoms with E-state index in [4.69, 9.17) is 4.52 Å². The zero-order valence-electron chi connectivity index (χ0n) is 10.8. The summed E-state index contributed by atoms with van der Waals surface area (Å²) < 4.78 is 29.4. The predicted molar refractivity (Wildman–Crippen MR) is 79.0 cm³/mol. The van der Waals surface area contributed by atoms with Crippen molar-refractivity contribution in [2.24, 2.45) is 0 Å². The van der Waals surface area contributed by atoms with E-state index in [2.05, 4.69) is 0 Å². The van der Waals surface area contributed by atoms with Gasteiger partial charge in [-0.2, -0.15) is 0 Å². The largest absolute Gasteiger partial charge is 0.440 e. The molecule has 2 rings (SSSR count). The Morgan fingerprint density at radius 3 is 2.11 bits per heavy atom. The van der Waals surface area contributed by atoms with Crippen LogP contribution < -0.4 is 9.83 Å². The zero-order chi connectivity index (χ0) is 13.9. The zero-order valence-corrected chi connectivity index (χ0v) is 12.5. The van der Waals surface area contributed by atoms with E-state index in [9.17, 15) is 8.77 Å². The monoisotopic (exact) mass is 294 g/mol. The molecule has 0 aliphatic heterocycles.